The summed E-state index contributed by atoms with van der Waals surface area (Å²) in [6.07, 6.45) is 5.26. The highest BCUT2D eigenvalue weighted by atomic mass is 16.5. The van der Waals surface area contributed by atoms with E-state index in [1.807, 2.05) is 10.7 Å². The van der Waals surface area contributed by atoms with Crippen LogP contribution in [0.25, 0.3) is 0 Å². The monoisotopic (exact) mass is 238 g/mol. The van der Waals surface area contributed by atoms with Crippen LogP contribution in [0.3, 0.4) is 0 Å². The van der Waals surface area contributed by atoms with E-state index in [1.165, 1.54) is 0 Å². The number of nitrogens with zero attached hydrogens (tertiary/aromatic N) is 2. The number of hydrogen-bond donors (Lipinski definition) is 1. The van der Waals surface area contributed by atoms with Crippen LogP contribution in [0.5, 0.6) is 0 Å². The van der Waals surface area contributed by atoms with Crippen molar-refractivity contribution in [3.63, 3.8) is 0 Å². The third kappa shape index (κ3) is 2.53. The van der Waals surface area contributed by atoms with Gasteiger partial charge in [-0.3, -0.25) is 4.68 Å². The molecule has 2 atom stereocenters. The van der Waals surface area contributed by atoms with Gasteiger partial charge in [0.25, 0.3) is 0 Å². The van der Waals surface area contributed by atoms with E-state index in [0.717, 1.165) is 25.1 Å². The Bertz CT molecular complexity index is 364. The molecule has 1 aliphatic rings. The molecule has 96 valence electrons. The second-order valence-electron chi connectivity index (χ2n) is 4.83. The van der Waals surface area contributed by atoms with Crippen molar-refractivity contribution in [1.82, 2.24) is 9.78 Å². The Labute approximate surface area is 103 Å². The van der Waals surface area contributed by atoms with E-state index in [1.54, 1.807) is 6.20 Å². The zero-order valence-electron chi connectivity index (χ0n) is 10.7. The Morgan fingerprint density at radius 3 is 3.12 bits per heavy atom. The lowest BCUT2D eigenvalue weighted by Crippen LogP contribution is -2.40. The molecule has 17 heavy (non-hydrogen) atoms. The summed E-state index contributed by atoms with van der Waals surface area (Å²) >= 11 is 0. The molecule has 1 aliphatic heterocycles. The minimum Gasteiger partial charge on any atom is -0.383 e. The Morgan fingerprint density at radius 2 is 2.41 bits per heavy atom. The van der Waals surface area contributed by atoms with Crippen LogP contribution in [0.1, 0.15) is 45.2 Å². The third-order valence-electron chi connectivity index (χ3n) is 3.52. The first-order valence-corrected chi connectivity index (χ1v) is 6.56. The number of aromatic nitrogens is 2. The summed E-state index contributed by atoms with van der Waals surface area (Å²) < 4.78 is 7.56. The van der Waals surface area contributed by atoms with Crippen LogP contribution in [-0.2, 0) is 16.9 Å². The number of hydrogen-bond acceptors (Lipinski definition) is 3. The van der Waals surface area contributed by atoms with Crippen molar-refractivity contribution < 1.29 is 9.84 Å². The van der Waals surface area contributed by atoms with Crippen molar-refractivity contribution in [3.8, 4) is 0 Å². The Hall–Kier alpha value is -0.870. The molecular weight excluding hydrogens is 216 g/mol. The number of aryl methyl sites for hydroxylation is 1. The fourth-order valence-electron chi connectivity index (χ4n) is 2.54. The van der Waals surface area contributed by atoms with Crippen LogP contribution < -0.4 is 0 Å². The quantitative estimate of drug-likeness (QED) is 0.873. The van der Waals surface area contributed by atoms with Crippen molar-refractivity contribution >= 4 is 0 Å². The van der Waals surface area contributed by atoms with Gasteiger partial charge in [0.15, 0.2) is 0 Å². The van der Waals surface area contributed by atoms with Crippen LogP contribution in [0.15, 0.2) is 12.3 Å². The highest BCUT2D eigenvalue weighted by molar-refractivity contribution is 5.13. The van der Waals surface area contributed by atoms with Crippen LogP contribution in [-0.4, -0.2) is 27.6 Å². The van der Waals surface area contributed by atoms with Gasteiger partial charge in [-0.2, -0.15) is 5.10 Å². The summed E-state index contributed by atoms with van der Waals surface area (Å²) in [5.41, 5.74) is 0.186. The maximum Gasteiger partial charge on any atom is 0.111 e. The van der Waals surface area contributed by atoms with Crippen molar-refractivity contribution in [2.75, 3.05) is 6.61 Å². The number of aliphatic hydroxyl groups is 1. The van der Waals surface area contributed by atoms with Crippen LogP contribution in [0.4, 0.5) is 0 Å². The van der Waals surface area contributed by atoms with Crippen molar-refractivity contribution in [2.24, 2.45) is 0 Å². The first-order chi connectivity index (χ1) is 8.19. The predicted octanol–water partition coefficient (Wildman–Crippen LogP) is 2.07. The van der Waals surface area contributed by atoms with Gasteiger partial charge in [-0.1, -0.05) is 13.8 Å². The van der Waals surface area contributed by atoms with E-state index in [2.05, 4.69) is 18.9 Å². The van der Waals surface area contributed by atoms with Crippen LogP contribution in [0, 0.1) is 0 Å². The molecule has 0 radical (unpaired) electrons. The Kier molecular flexibility index (Phi) is 3.84. The predicted molar refractivity (Wildman–Crippen MR) is 65.7 cm³/mol. The SMILES string of the molecule is CCCn1nccc1C1(O)CCOC(CC)C1. The number of ether oxygens (including phenoxy) is 1. The Balaban J connectivity index is 2.21. The molecule has 2 unspecified atom stereocenters. The zero-order chi connectivity index (χ0) is 12.3. The fraction of sp³-hybridized carbons (Fsp3) is 0.769. The first kappa shape index (κ1) is 12.6. The van der Waals surface area contributed by atoms with Gasteiger partial charge in [-0.25, -0.2) is 0 Å². The average Bonchev–Trinajstić information content (AvgIpc) is 2.78. The van der Waals surface area contributed by atoms with Gasteiger partial charge in [0, 0.05) is 25.6 Å². The molecule has 2 rings (SSSR count). The van der Waals surface area contributed by atoms with E-state index in [0.29, 0.717) is 19.4 Å². The lowest BCUT2D eigenvalue weighted by atomic mass is 9.86. The molecule has 1 N–H and O–H groups in total. The summed E-state index contributed by atoms with van der Waals surface area (Å²) in [6, 6.07) is 1.94. The topological polar surface area (TPSA) is 47.3 Å². The largest absolute Gasteiger partial charge is 0.383 e. The molecule has 0 aromatic carbocycles. The lowest BCUT2D eigenvalue weighted by molar-refractivity contribution is -0.112. The van der Waals surface area contributed by atoms with Crippen LogP contribution >= 0.6 is 0 Å². The Morgan fingerprint density at radius 1 is 1.59 bits per heavy atom. The molecule has 4 heteroatoms. The summed E-state index contributed by atoms with van der Waals surface area (Å²) in [7, 11) is 0. The molecule has 0 spiro atoms. The molecule has 0 bridgehead atoms. The standard InChI is InChI=1S/C13H22N2O2/c1-3-8-15-12(5-7-14-15)13(16)6-9-17-11(4-2)10-13/h5,7,11,16H,3-4,6,8-10H2,1-2H3. The summed E-state index contributed by atoms with van der Waals surface area (Å²) in [6.45, 7) is 5.71. The summed E-state index contributed by atoms with van der Waals surface area (Å²) in [4.78, 5) is 0. The van der Waals surface area contributed by atoms with Gasteiger partial charge in [0.05, 0.1) is 18.4 Å². The molecule has 1 saturated heterocycles. The highest BCUT2D eigenvalue weighted by Crippen LogP contribution is 2.35. The maximum absolute atomic E-state index is 10.8. The smallest absolute Gasteiger partial charge is 0.111 e. The molecule has 1 fully saturated rings. The van der Waals surface area contributed by atoms with Gasteiger partial charge in [-0.15, -0.1) is 0 Å². The fourth-order valence-corrected chi connectivity index (χ4v) is 2.54. The van der Waals surface area contributed by atoms with Crippen molar-refractivity contribution in [2.45, 2.75) is 57.8 Å². The highest BCUT2D eigenvalue weighted by Gasteiger charge is 2.38. The minimum absolute atomic E-state index is 0.165. The second-order valence-corrected chi connectivity index (χ2v) is 4.83. The molecule has 2 heterocycles. The normalized spacial score (nSPS) is 29.5. The van der Waals surface area contributed by atoms with E-state index >= 15 is 0 Å². The minimum atomic E-state index is -0.759. The number of rotatable bonds is 4. The van der Waals surface area contributed by atoms with Gasteiger partial charge in [0.1, 0.15) is 5.60 Å². The maximum atomic E-state index is 10.8. The van der Waals surface area contributed by atoms with Crippen molar-refractivity contribution in [3.05, 3.63) is 18.0 Å². The van der Waals surface area contributed by atoms with E-state index in [4.69, 9.17) is 4.74 Å². The summed E-state index contributed by atoms with van der Waals surface area (Å²) in [5, 5.41) is 15.1. The van der Waals surface area contributed by atoms with Gasteiger partial charge in [0.2, 0.25) is 0 Å². The molecule has 0 saturated carbocycles. The molecule has 0 aliphatic carbocycles. The lowest BCUT2D eigenvalue weighted by Gasteiger charge is -2.36. The third-order valence-corrected chi connectivity index (χ3v) is 3.52. The molecule has 1 aromatic heterocycles. The van der Waals surface area contributed by atoms with E-state index < -0.39 is 5.60 Å². The average molecular weight is 238 g/mol. The second kappa shape index (κ2) is 5.19. The molecule has 4 nitrogen and oxygen atoms in total. The van der Waals surface area contributed by atoms with Crippen LogP contribution in [0.2, 0.25) is 0 Å². The molecule has 0 amide bonds. The summed E-state index contributed by atoms with van der Waals surface area (Å²) in [5.74, 6) is 0. The molecule has 1 aromatic rings. The van der Waals surface area contributed by atoms with Gasteiger partial charge >= 0.3 is 0 Å². The van der Waals surface area contributed by atoms with E-state index in [9.17, 15) is 5.11 Å². The van der Waals surface area contributed by atoms with Gasteiger partial charge < -0.3 is 9.84 Å². The van der Waals surface area contributed by atoms with E-state index in [-0.39, 0.29) is 6.10 Å². The molecular formula is C13H22N2O2. The zero-order valence-corrected chi connectivity index (χ0v) is 10.7. The van der Waals surface area contributed by atoms with Crippen molar-refractivity contribution in [1.29, 1.82) is 0 Å². The van der Waals surface area contributed by atoms with Gasteiger partial charge in [-0.05, 0) is 18.9 Å². The first-order valence-electron chi connectivity index (χ1n) is 6.56.